The summed E-state index contributed by atoms with van der Waals surface area (Å²) in [4.78, 5) is 1.50. The highest BCUT2D eigenvalue weighted by Gasteiger charge is 2.13. The van der Waals surface area contributed by atoms with Gasteiger partial charge < -0.3 is 4.90 Å². The Kier molecular flexibility index (Phi) is 7.22. The van der Waals surface area contributed by atoms with E-state index in [1.54, 1.807) is 12.1 Å². The van der Waals surface area contributed by atoms with Crippen molar-refractivity contribution in [1.82, 2.24) is 0 Å². The topological polar surface area (TPSA) is 81.4 Å². The largest absolute Gasteiger partial charge is 0.311 e. The maximum atomic E-state index is 11.2. The molecule has 0 spiro atoms. The maximum Gasteiger partial charge on any atom is 0.304 e. The lowest BCUT2D eigenvalue weighted by Crippen LogP contribution is -2.09. The fraction of sp³-hybridized carbons (Fsp3) is 0. The zero-order chi connectivity index (χ0) is 24.7. The van der Waals surface area contributed by atoms with Crippen molar-refractivity contribution in [3.05, 3.63) is 131 Å². The van der Waals surface area contributed by atoms with Crippen molar-refractivity contribution in [2.75, 3.05) is 4.90 Å². The van der Waals surface area contributed by atoms with E-state index in [1.165, 1.54) is 6.07 Å². The summed E-state index contributed by atoms with van der Waals surface area (Å²) in [5, 5.41) is 8.90. The fourth-order valence-corrected chi connectivity index (χ4v) is 3.95. The molecule has 0 radical (unpaired) electrons. The van der Waals surface area contributed by atoms with E-state index in [0.717, 1.165) is 34.3 Å². The lowest BCUT2D eigenvalue weighted by Gasteiger charge is -2.25. The molecule has 0 aliphatic heterocycles. The molecule has 4 rings (SSSR count). The second-order valence-corrected chi connectivity index (χ2v) is 9.08. The van der Waals surface area contributed by atoms with Gasteiger partial charge in [-0.3, -0.25) is 4.55 Å². The van der Waals surface area contributed by atoms with Gasteiger partial charge >= 0.3 is 10.1 Å². The molecule has 0 heterocycles. The minimum atomic E-state index is -4.53. The molecule has 0 amide bonds. The molecule has 0 bridgehead atoms. The van der Waals surface area contributed by atoms with Gasteiger partial charge in [-0.25, -0.2) is 0 Å². The van der Waals surface area contributed by atoms with E-state index in [1.807, 2.05) is 72.8 Å². The molecule has 0 saturated carbocycles. The lowest BCUT2D eigenvalue weighted by molar-refractivity contribution is 0.492. The Bertz CT molecular complexity index is 1450. The first kappa shape index (κ1) is 23.7. The van der Waals surface area contributed by atoms with E-state index in [2.05, 4.69) is 41.3 Å². The third-order valence-corrected chi connectivity index (χ3v) is 6.04. The van der Waals surface area contributed by atoms with Gasteiger partial charge in [0.25, 0.3) is 0 Å². The van der Waals surface area contributed by atoms with Crippen LogP contribution in [0.1, 0.15) is 16.7 Å². The molecule has 5 nitrogen and oxygen atoms in total. The van der Waals surface area contributed by atoms with Crippen molar-refractivity contribution < 1.29 is 13.0 Å². The Balaban J connectivity index is 1.53. The molecule has 0 fully saturated rings. The second kappa shape index (κ2) is 10.7. The van der Waals surface area contributed by atoms with E-state index in [0.29, 0.717) is 5.56 Å². The Labute approximate surface area is 205 Å². The Hall–Kier alpha value is -4.44. The normalized spacial score (nSPS) is 11.8. The number of para-hydroxylation sites is 2. The average molecular weight is 479 g/mol. The number of benzene rings is 4. The summed E-state index contributed by atoms with van der Waals surface area (Å²) in [6.07, 6.45) is 5.07. The lowest BCUT2D eigenvalue weighted by atomic mass is 10.1. The summed E-state index contributed by atoms with van der Waals surface area (Å²) in [6.45, 7) is 0. The summed E-state index contributed by atoms with van der Waals surface area (Å²) in [5.41, 5.74) is 5.63. The predicted molar refractivity (Wildman–Crippen MR) is 142 cm³/mol. The van der Waals surface area contributed by atoms with Crippen LogP contribution in [-0.4, -0.2) is 13.0 Å². The molecule has 35 heavy (non-hydrogen) atoms. The smallest absolute Gasteiger partial charge is 0.304 e. The number of nitriles is 1. The zero-order valence-corrected chi connectivity index (χ0v) is 19.5. The molecule has 172 valence electrons. The summed E-state index contributed by atoms with van der Waals surface area (Å²) < 4.78 is 31.4. The molecule has 0 atom stereocenters. The van der Waals surface area contributed by atoms with Gasteiger partial charge in [-0.05, 0) is 59.2 Å². The Morgan fingerprint density at radius 3 is 1.49 bits per heavy atom. The second-order valence-electron chi connectivity index (χ2n) is 7.69. The molecule has 0 aliphatic carbocycles. The molecule has 6 heteroatoms. The summed E-state index contributed by atoms with van der Waals surface area (Å²) in [6, 6.07) is 37.1. The monoisotopic (exact) mass is 478 g/mol. The molecule has 0 saturated heterocycles. The van der Waals surface area contributed by atoms with Crippen LogP contribution in [0, 0.1) is 11.3 Å². The molecule has 0 aliphatic rings. The van der Waals surface area contributed by atoms with Crippen molar-refractivity contribution in [2.24, 2.45) is 0 Å². The quantitative estimate of drug-likeness (QED) is 0.174. The van der Waals surface area contributed by atoms with Crippen LogP contribution in [0.4, 0.5) is 17.1 Å². The van der Waals surface area contributed by atoms with Crippen LogP contribution in [0.25, 0.3) is 18.2 Å². The van der Waals surface area contributed by atoms with Crippen LogP contribution >= 0.6 is 0 Å². The van der Waals surface area contributed by atoms with Crippen molar-refractivity contribution in [3.8, 4) is 6.07 Å². The molecule has 0 unspecified atom stereocenters. The van der Waals surface area contributed by atoms with Crippen molar-refractivity contribution >= 4 is 45.4 Å². The zero-order valence-electron chi connectivity index (χ0n) is 18.7. The van der Waals surface area contributed by atoms with Gasteiger partial charge in [0.2, 0.25) is 0 Å². The highest BCUT2D eigenvalue weighted by Crippen LogP contribution is 2.34. The Morgan fingerprint density at radius 2 is 1.06 bits per heavy atom. The average Bonchev–Trinajstić information content (AvgIpc) is 2.88. The van der Waals surface area contributed by atoms with E-state index in [-0.39, 0.29) is 0 Å². The standard InChI is InChI=1S/C29H22N2O3S/c30-22-29(35(32,33)34)21-25-15-13-23(14-16-25)11-12-24-17-19-28(20-18-24)31(26-7-3-1-4-8-26)27-9-5-2-6-10-27/h1-21H,(H,32,33,34)/b12-11+,29-21-. The van der Waals surface area contributed by atoms with Gasteiger partial charge in [0.15, 0.2) is 4.91 Å². The first-order valence-corrected chi connectivity index (χ1v) is 12.3. The van der Waals surface area contributed by atoms with Gasteiger partial charge in [0.05, 0.1) is 0 Å². The maximum absolute atomic E-state index is 11.2. The van der Waals surface area contributed by atoms with E-state index in [9.17, 15) is 8.42 Å². The predicted octanol–water partition coefficient (Wildman–Crippen LogP) is 7.08. The van der Waals surface area contributed by atoms with Gasteiger partial charge in [-0.1, -0.05) is 84.9 Å². The number of allylic oxidation sites excluding steroid dienone is 1. The van der Waals surface area contributed by atoms with Crippen molar-refractivity contribution in [1.29, 1.82) is 5.26 Å². The summed E-state index contributed by atoms with van der Waals surface area (Å²) in [7, 11) is -4.53. The van der Waals surface area contributed by atoms with E-state index in [4.69, 9.17) is 9.81 Å². The molecular formula is C29H22N2O3S. The van der Waals surface area contributed by atoms with Crippen LogP contribution in [0.2, 0.25) is 0 Å². The minimum Gasteiger partial charge on any atom is -0.311 e. The van der Waals surface area contributed by atoms with Crippen molar-refractivity contribution in [3.63, 3.8) is 0 Å². The minimum absolute atomic E-state index is 0.502. The highest BCUT2D eigenvalue weighted by atomic mass is 32.2. The molecule has 0 aromatic heterocycles. The number of hydrogen-bond acceptors (Lipinski definition) is 4. The van der Waals surface area contributed by atoms with Crippen LogP contribution in [0.15, 0.2) is 114 Å². The number of anilines is 3. The van der Waals surface area contributed by atoms with Crippen LogP contribution < -0.4 is 4.90 Å². The number of hydrogen-bond donors (Lipinski definition) is 1. The summed E-state index contributed by atoms with van der Waals surface area (Å²) >= 11 is 0. The van der Waals surface area contributed by atoms with Gasteiger partial charge in [0, 0.05) is 17.1 Å². The highest BCUT2D eigenvalue weighted by molar-refractivity contribution is 7.90. The van der Waals surface area contributed by atoms with Crippen LogP contribution in [0.5, 0.6) is 0 Å². The van der Waals surface area contributed by atoms with Gasteiger partial charge in [-0.2, -0.15) is 13.7 Å². The Morgan fingerprint density at radius 1 is 0.657 bits per heavy atom. The first-order valence-electron chi connectivity index (χ1n) is 10.8. The van der Waals surface area contributed by atoms with Gasteiger partial charge in [0.1, 0.15) is 6.07 Å². The van der Waals surface area contributed by atoms with Crippen molar-refractivity contribution in [2.45, 2.75) is 0 Å². The molecule has 4 aromatic rings. The number of rotatable bonds is 7. The number of nitrogens with zero attached hydrogens (tertiary/aromatic N) is 2. The van der Waals surface area contributed by atoms with E-state index < -0.39 is 15.0 Å². The van der Waals surface area contributed by atoms with Crippen LogP contribution in [0.3, 0.4) is 0 Å². The van der Waals surface area contributed by atoms with E-state index >= 15 is 0 Å². The third-order valence-electron chi connectivity index (χ3n) is 5.27. The first-order chi connectivity index (χ1) is 16.9. The third kappa shape index (κ3) is 6.12. The van der Waals surface area contributed by atoms with Crippen LogP contribution in [-0.2, 0) is 10.1 Å². The SMILES string of the molecule is N#C/C(=C/c1ccc(/C=C/c2ccc(N(c3ccccc3)c3ccccc3)cc2)cc1)S(=O)(=O)O. The molecular weight excluding hydrogens is 456 g/mol. The van der Waals surface area contributed by atoms with Gasteiger partial charge in [-0.15, -0.1) is 0 Å². The molecule has 4 aromatic carbocycles. The summed E-state index contributed by atoms with van der Waals surface area (Å²) in [5.74, 6) is 0. The fourth-order valence-electron chi connectivity index (χ4n) is 3.55. The molecule has 1 N–H and O–H groups in total.